The Balaban J connectivity index is 3.84. The number of allylic oxidation sites excluding steroid dienone is 4. The second-order valence-electron chi connectivity index (χ2n) is 16.8. The maximum Gasteiger partial charge on any atom is 0.472 e. The Morgan fingerprint density at radius 3 is 1.03 bits per heavy atom. The van der Waals surface area contributed by atoms with Crippen LogP contribution in [0.4, 0.5) is 0 Å². The highest BCUT2D eigenvalue weighted by atomic mass is 31.2. The number of aliphatic hydroxyl groups excluding tert-OH is 2. The quantitative estimate of drug-likeness (QED) is 0.0233. The maximum atomic E-state index is 12.4. The lowest BCUT2D eigenvalue weighted by molar-refractivity contribution is -0.153. The van der Waals surface area contributed by atoms with E-state index in [4.69, 9.17) is 18.5 Å². The van der Waals surface area contributed by atoms with Crippen molar-refractivity contribution in [2.75, 3.05) is 26.4 Å². The molecule has 0 aliphatic heterocycles. The summed E-state index contributed by atoms with van der Waals surface area (Å²) in [5.74, 6) is -1.01. The Morgan fingerprint density at radius 2 is 0.733 bits per heavy atom. The molecule has 0 aromatic carbocycles. The number of phosphoric ester groups is 1. The van der Waals surface area contributed by atoms with Gasteiger partial charge < -0.3 is 24.6 Å². The van der Waals surface area contributed by atoms with Gasteiger partial charge in [-0.05, 0) is 44.9 Å². The summed E-state index contributed by atoms with van der Waals surface area (Å²) in [6.45, 7) is 2.24. The van der Waals surface area contributed by atoms with Gasteiger partial charge in [0.05, 0.1) is 26.4 Å². The Bertz CT molecular complexity index is 1050. The van der Waals surface area contributed by atoms with E-state index in [1.165, 1.54) is 148 Å². The molecule has 3 N–H and O–H groups in total. The Kier molecular flexibility index (Phi) is 44.3. The molecule has 0 heterocycles. The van der Waals surface area contributed by atoms with Crippen LogP contribution in [0.5, 0.6) is 0 Å². The number of rotatable bonds is 47. The van der Waals surface area contributed by atoms with E-state index >= 15 is 0 Å². The van der Waals surface area contributed by atoms with Crippen molar-refractivity contribution in [1.82, 2.24) is 0 Å². The zero-order chi connectivity index (χ0) is 44.0. The molecule has 0 saturated carbocycles. The third kappa shape index (κ3) is 43.1. The Labute approximate surface area is 368 Å². The first-order valence-electron chi connectivity index (χ1n) is 24.8. The van der Waals surface area contributed by atoms with Crippen LogP contribution < -0.4 is 0 Å². The molecule has 354 valence electrons. The molecule has 0 saturated heterocycles. The van der Waals surface area contributed by atoms with Crippen LogP contribution in [0.15, 0.2) is 24.3 Å². The fraction of sp³-hybridized carbons (Fsp3) is 0.878. The lowest BCUT2D eigenvalue weighted by Crippen LogP contribution is -2.28. The first kappa shape index (κ1) is 58.5. The summed E-state index contributed by atoms with van der Waals surface area (Å²) < 4.78 is 32.7. The van der Waals surface area contributed by atoms with Gasteiger partial charge in [-0.2, -0.15) is 0 Å². The minimum absolute atomic E-state index is 0.190. The summed E-state index contributed by atoms with van der Waals surface area (Å²) >= 11 is 0. The number of hydrogen-bond donors (Lipinski definition) is 3. The number of phosphoric acid groups is 1. The largest absolute Gasteiger partial charge is 0.472 e. The Hall–Kier alpha value is -1.55. The fourth-order valence-electron chi connectivity index (χ4n) is 7.09. The summed E-state index contributed by atoms with van der Waals surface area (Å²) in [5, 5.41) is 19.2. The van der Waals surface area contributed by atoms with Gasteiger partial charge in [0, 0.05) is 12.8 Å². The zero-order valence-electron chi connectivity index (χ0n) is 38.7. The van der Waals surface area contributed by atoms with Gasteiger partial charge in [-0.25, -0.2) is 4.57 Å². The van der Waals surface area contributed by atoms with Crippen LogP contribution in [0.2, 0.25) is 0 Å². The van der Waals surface area contributed by atoms with E-state index in [-0.39, 0.29) is 12.8 Å². The van der Waals surface area contributed by atoms with E-state index < -0.39 is 58.4 Å². The highest BCUT2D eigenvalue weighted by molar-refractivity contribution is 7.47. The van der Waals surface area contributed by atoms with E-state index in [9.17, 15) is 29.3 Å². The minimum atomic E-state index is -4.64. The van der Waals surface area contributed by atoms with Crippen molar-refractivity contribution in [2.45, 2.75) is 251 Å². The number of unbranched alkanes of at least 4 members (excludes halogenated alkanes) is 29. The summed E-state index contributed by atoms with van der Waals surface area (Å²) in [4.78, 5) is 34.6. The second-order valence-corrected chi connectivity index (χ2v) is 18.3. The van der Waals surface area contributed by atoms with Crippen LogP contribution in [0.1, 0.15) is 239 Å². The van der Waals surface area contributed by atoms with Crippen molar-refractivity contribution in [1.29, 1.82) is 0 Å². The molecule has 3 unspecified atom stereocenters. The second kappa shape index (κ2) is 45.5. The number of carbonyl (C=O) groups is 2. The molecule has 0 fully saturated rings. The van der Waals surface area contributed by atoms with E-state index in [0.29, 0.717) is 12.8 Å². The van der Waals surface area contributed by atoms with E-state index in [1.54, 1.807) is 0 Å². The first-order chi connectivity index (χ1) is 29.3. The summed E-state index contributed by atoms with van der Waals surface area (Å²) in [6, 6.07) is 0. The lowest BCUT2D eigenvalue weighted by atomic mass is 10.0. The molecular formula is C49H93O10P. The lowest BCUT2D eigenvalue weighted by Gasteiger charge is -2.20. The van der Waals surface area contributed by atoms with Gasteiger partial charge in [0.15, 0.2) is 0 Å². The molecule has 60 heavy (non-hydrogen) atoms. The van der Waals surface area contributed by atoms with Gasteiger partial charge in [-0.1, -0.05) is 205 Å². The van der Waals surface area contributed by atoms with Crippen molar-refractivity contribution in [3.05, 3.63) is 24.3 Å². The van der Waals surface area contributed by atoms with Crippen LogP contribution in [-0.2, 0) is 32.7 Å². The molecule has 3 atom stereocenters. The number of esters is 2. The van der Waals surface area contributed by atoms with E-state index in [1.807, 2.05) is 0 Å². The maximum absolute atomic E-state index is 12.4. The molecular weight excluding hydrogens is 780 g/mol. The monoisotopic (exact) mass is 873 g/mol. The van der Waals surface area contributed by atoms with Gasteiger partial charge in [0.1, 0.15) is 12.2 Å². The zero-order valence-corrected chi connectivity index (χ0v) is 39.6. The number of ether oxygens (including phenoxy) is 2. The molecule has 10 nitrogen and oxygen atoms in total. The fourth-order valence-corrected chi connectivity index (χ4v) is 7.87. The molecule has 11 heteroatoms. The number of carbonyl (C=O) groups excluding carboxylic acids is 2. The smallest absolute Gasteiger partial charge is 0.457 e. The topological polar surface area (TPSA) is 149 Å². The standard InChI is InChI=1S/C49H93O10P/c1-3-5-7-9-11-13-15-17-19-21-22-23-24-25-27-29-31-33-35-37-39-41-49(53)59-47(43-51)45-57-60(54,55)56-44-46(42-50)58-48(52)40-38-36-34-32-30-28-26-20-18-16-14-12-10-8-6-4-2/h15,17,21-22,46-47,50-51H,3-14,16,18-20,23-45H2,1-2H3,(H,54,55)/b17-15-,22-21-. The number of aliphatic hydroxyl groups is 2. The van der Waals surface area contributed by atoms with Crippen molar-refractivity contribution >= 4 is 19.8 Å². The van der Waals surface area contributed by atoms with Crippen molar-refractivity contribution in [2.24, 2.45) is 0 Å². The first-order valence-corrected chi connectivity index (χ1v) is 26.3. The highest BCUT2D eigenvalue weighted by Crippen LogP contribution is 2.43. The number of hydrogen-bond acceptors (Lipinski definition) is 9. The van der Waals surface area contributed by atoms with Crippen LogP contribution in [0.25, 0.3) is 0 Å². The van der Waals surface area contributed by atoms with Crippen molar-refractivity contribution in [3.63, 3.8) is 0 Å². The van der Waals surface area contributed by atoms with E-state index in [2.05, 4.69) is 38.2 Å². The summed E-state index contributed by atoms with van der Waals surface area (Å²) in [6.07, 6.45) is 47.2. The molecule has 0 rings (SSSR count). The van der Waals surface area contributed by atoms with Crippen LogP contribution in [-0.4, -0.2) is 65.7 Å². The highest BCUT2D eigenvalue weighted by Gasteiger charge is 2.27. The molecule has 0 amide bonds. The van der Waals surface area contributed by atoms with Gasteiger partial charge >= 0.3 is 19.8 Å². The molecule has 0 aliphatic rings. The molecule has 0 bridgehead atoms. The van der Waals surface area contributed by atoms with Gasteiger partial charge in [-0.15, -0.1) is 0 Å². The minimum Gasteiger partial charge on any atom is -0.457 e. The van der Waals surface area contributed by atoms with Gasteiger partial charge in [-0.3, -0.25) is 18.6 Å². The normalized spacial score (nSPS) is 13.9. The average molecular weight is 873 g/mol. The van der Waals surface area contributed by atoms with Gasteiger partial charge in [0.2, 0.25) is 0 Å². The predicted molar refractivity (Wildman–Crippen MR) is 247 cm³/mol. The van der Waals surface area contributed by atoms with Gasteiger partial charge in [0.25, 0.3) is 0 Å². The van der Waals surface area contributed by atoms with Crippen molar-refractivity contribution < 1.29 is 47.8 Å². The van der Waals surface area contributed by atoms with Crippen LogP contribution in [0.3, 0.4) is 0 Å². The third-order valence-electron chi connectivity index (χ3n) is 10.9. The Morgan fingerprint density at radius 1 is 0.450 bits per heavy atom. The SMILES string of the molecule is CCCCCCC/C=C\C/C=C\CCCCCCCCCCCC(=O)OC(CO)COP(=O)(O)OCC(CO)OC(=O)CCCCCCCCCCCCCCCCCC. The predicted octanol–water partition coefficient (Wildman–Crippen LogP) is 13.7. The molecule has 0 aromatic rings. The van der Waals surface area contributed by atoms with Crippen LogP contribution in [0, 0.1) is 0 Å². The summed E-state index contributed by atoms with van der Waals surface area (Å²) in [5.41, 5.74) is 0. The van der Waals surface area contributed by atoms with Crippen molar-refractivity contribution in [3.8, 4) is 0 Å². The third-order valence-corrected chi connectivity index (χ3v) is 11.9. The van der Waals surface area contributed by atoms with Crippen LogP contribution >= 0.6 is 7.82 Å². The molecule has 0 aliphatic carbocycles. The molecule has 0 radical (unpaired) electrons. The molecule has 0 aromatic heterocycles. The van der Waals surface area contributed by atoms with E-state index in [0.717, 1.165) is 51.4 Å². The average Bonchev–Trinajstić information content (AvgIpc) is 3.24. The summed E-state index contributed by atoms with van der Waals surface area (Å²) in [7, 11) is -4.64. The molecule has 0 spiro atoms.